The standard InChI is InChI=1S/C24H34N2/c1-3-4-5-6-7-8-22-17-25-24(26-18-22)23-13-11-20(12-14-23)9-10-21-15-19(2)16-21/h11-14,17-19,21H,3-10,15-16H2,1-2H3. The van der Waals surface area contributed by atoms with E-state index in [9.17, 15) is 0 Å². The Morgan fingerprint density at radius 2 is 1.54 bits per heavy atom. The zero-order valence-corrected chi connectivity index (χ0v) is 16.6. The second-order valence-corrected chi connectivity index (χ2v) is 8.26. The zero-order chi connectivity index (χ0) is 18.2. The van der Waals surface area contributed by atoms with Crippen molar-refractivity contribution < 1.29 is 0 Å². The number of rotatable bonds is 10. The van der Waals surface area contributed by atoms with Gasteiger partial charge in [-0.15, -0.1) is 0 Å². The topological polar surface area (TPSA) is 25.8 Å². The number of nitrogens with zero attached hydrogens (tertiary/aromatic N) is 2. The molecule has 0 amide bonds. The van der Waals surface area contributed by atoms with Crippen LogP contribution in [0.5, 0.6) is 0 Å². The number of aryl methyl sites for hydroxylation is 2. The van der Waals surface area contributed by atoms with Crippen LogP contribution in [0.4, 0.5) is 0 Å². The summed E-state index contributed by atoms with van der Waals surface area (Å²) in [6.45, 7) is 4.62. The number of benzene rings is 1. The highest BCUT2D eigenvalue weighted by molar-refractivity contribution is 5.55. The van der Waals surface area contributed by atoms with Gasteiger partial charge in [0.1, 0.15) is 0 Å². The van der Waals surface area contributed by atoms with Gasteiger partial charge in [0.25, 0.3) is 0 Å². The minimum Gasteiger partial charge on any atom is -0.236 e. The number of unbranched alkanes of at least 4 members (excludes halogenated alkanes) is 4. The third kappa shape index (κ3) is 5.65. The summed E-state index contributed by atoms with van der Waals surface area (Å²) in [6, 6.07) is 8.86. The summed E-state index contributed by atoms with van der Waals surface area (Å²) in [5.74, 6) is 2.76. The predicted octanol–water partition coefficient (Wildman–Crippen LogP) is 6.64. The van der Waals surface area contributed by atoms with E-state index in [4.69, 9.17) is 0 Å². The molecule has 0 unspecified atom stereocenters. The van der Waals surface area contributed by atoms with Crippen molar-refractivity contribution >= 4 is 0 Å². The average molecular weight is 351 g/mol. The Kier molecular flexibility index (Phi) is 7.22. The Balaban J connectivity index is 1.46. The van der Waals surface area contributed by atoms with Crippen LogP contribution >= 0.6 is 0 Å². The van der Waals surface area contributed by atoms with Gasteiger partial charge >= 0.3 is 0 Å². The molecule has 0 saturated heterocycles. The molecule has 0 atom stereocenters. The van der Waals surface area contributed by atoms with Crippen molar-refractivity contribution in [2.24, 2.45) is 11.8 Å². The molecule has 1 heterocycles. The summed E-state index contributed by atoms with van der Waals surface area (Å²) in [7, 11) is 0. The van der Waals surface area contributed by atoms with Crippen LogP contribution in [0.15, 0.2) is 36.7 Å². The molecule has 1 aromatic heterocycles. The van der Waals surface area contributed by atoms with E-state index in [1.165, 1.54) is 68.9 Å². The predicted molar refractivity (Wildman–Crippen MR) is 110 cm³/mol. The fourth-order valence-corrected chi connectivity index (χ4v) is 4.06. The molecule has 0 N–H and O–H groups in total. The fourth-order valence-electron chi connectivity index (χ4n) is 4.06. The van der Waals surface area contributed by atoms with E-state index in [1.54, 1.807) is 0 Å². The Labute approximate surface area is 159 Å². The molecule has 2 nitrogen and oxygen atoms in total. The van der Waals surface area contributed by atoms with E-state index < -0.39 is 0 Å². The number of hydrogen-bond acceptors (Lipinski definition) is 2. The highest BCUT2D eigenvalue weighted by Crippen LogP contribution is 2.36. The van der Waals surface area contributed by atoms with Crippen molar-refractivity contribution in [3.8, 4) is 11.4 Å². The minimum atomic E-state index is 0.846. The maximum atomic E-state index is 4.59. The van der Waals surface area contributed by atoms with Crippen LogP contribution in [-0.4, -0.2) is 9.97 Å². The molecule has 0 spiro atoms. The lowest BCUT2D eigenvalue weighted by molar-refractivity contribution is 0.200. The van der Waals surface area contributed by atoms with Crippen LogP contribution in [0, 0.1) is 11.8 Å². The zero-order valence-electron chi connectivity index (χ0n) is 16.6. The molecule has 1 aliphatic rings. The van der Waals surface area contributed by atoms with Crippen LogP contribution in [0.25, 0.3) is 11.4 Å². The maximum absolute atomic E-state index is 4.59. The van der Waals surface area contributed by atoms with Gasteiger partial charge in [-0.25, -0.2) is 9.97 Å². The lowest BCUT2D eigenvalue weighted by Gasteiger charge is -2.32. The van der Waals surface area contributed by atoms with Crippen LogP contribution < -0.4 is 0 Å². The first-order valence-electron chi connectivity index (χ1n) is 10.6. The Morgan fingerprint density at radius 3 is 2.19 bits per heavy atom. The van der Waals surface area contributed by atoms with E-state index >= 15 is 0 Å². The molecule has 0 aliphatic heterocycles. The van der Waals surface area contributed by atoms with Crippen molar-refractivity contribution in [2.75, 3.05) is 0 Å². The molecule has 1 aromatic carbocycles. The largest absolute Gasteiger partial charge is 0.236 e. The first-order valence-corrected chi connectivity index (χ1v) is 10.6. The van der Waals surface area contributed by atoms with Gasteiger partial charge in [0, 0.05) is 18.0 Å². The van der Waals surface area contributed by atoms with E-state index in [-0.39, 0.29) is 0 Å². The van der Waals surface area contributed by atoms with Crippen LogP contribution in [-0.2, 0) is 12.8 Å². The summed E-state index contributed by atoms with van der Waals surface area (Å²) < 4.78 is 0. The van der Waals surface area contributed by atoms with Crippen molar-refractivity contribution in [3.05, 3.63) is 47.8 Å². The third-order valence-electron chi connectivity index (χ3n) is 5.80. The van der Waals surface area contributed by atoms with Crippen LogP contribution in [0.1, 0.15) is 76.3 Å². The molecule has 2 aromatic rings. The number of aromatic nitrogens is 2. The summed E-state index contributed by atoms with van der Waals surface area (Å²) in [4.78, 5) is 9.17. The van der Waals surface area contributed by atoms with Gasteiger partial charge in [-0.1, -0.05) is 63.8 Å². The quantitative estimate of drug-likeness (QED) is 0.449. The molecule has 1 fully saturated rings. The average Bonchev–Trinajstić information content (AvgIpc) is 2.65. The van der Waals surface area contributed by atoms with Crippen LogP contribution in [0.2, 0.25) is 0 Å². The monoisotopic (exact) mass is 350 g/mol. The Hall–Kier alpha value is -1.70. The van der Waals surface area contributed by atoms with Crippen molar-refractivity contribution in [3.63, 3.8) is 0 Å². The van der Waals surface area contributed by atoms with Gasteiger partial charge in [0.05, 0.1) is 0 Å². The van der Waals surface area contributed by atoms with Gasteiger partial charge in [-0.2, -0.15) is 0 Å². The smallest absolute Gasteiger partial charge is 0.159 e. The van der Waals surface area contributed by atoms with Crippen molar-refractivity contribution in [1.82, 2.24) is 9.97 Å². The van der Waals surface area contributed by atoms with Crippen molar-refractivity contribution in [1.29, 1.82) is 0 Å². The van der Waals surface area contributed by atoms with Gasteiger partial charge in [0.2, 0.25) is 0 Å². The molecular weight excluding hydrogens is 316 g/mol. The molecule has 26 heavy (non-hydrogen) atoms. The first kappa shape index (κ1) is 19.1. The Morgan fingerprint density at radius 1 is 0.846 bits per heavy atom. The lowest BCUT2D eigenvalue weighted by Crippen LogP contribution is -2.21. The lowest BCUT2D eigenvalue weighted by atomic mass is 9.73. The SMILES string of the molecule is CCCCCCCc1cnc(-c2ccc(CCC3CC(C)C3)cc2)nc1. The third-order valence-corrected chi connectivity index (χ3v) is 5.80. The molecule has 0 bridgehead atoms. The normalized spacial score (nSPS) is 19.3. The number of hydrogen-bond donors (Lipinski definition) is 0. The molecule has 2 heteroatoms. The molecule has 140 valence electrons. The van der Waals surface area contributed by atoms with E-state index in [0.717, 1.165) is 29.6 Å². The van der Waals surface area contributed by atoms with E-state index in [1.807, 2.05) is 12.4 Å². The summed E-state index contributed by atoms with van der Waals surface area (Å²) in [5, 5.41) is 0. The minimum absolute atomic E-state index is 0.846. The van der Waals surface area contributed by atoms with Gasteiger partial charge in [0.15, 0.2) is 5.82 Å². The van der Waals surface area contributed by atoms with Crippen molar-refractivity contribution in [2.45, 2.75) is 78.1 Å². The van der Waals surface area contributed by atoms with Crippen LogP contribution in [0.3, 0.4) is 0 Å². The fraction of sp³-hybridized carbons (Fsp3) is 0.583. The second kappa shape index (κ2) is 9.85. The maximum Gasteiger partial charge on any atom is 0.159 e. The summed E-state index contributed by atoms with van der Waals surface area (Å²) >= 11 is 0. The molecule has 1 aliphatic carbocycles. The van der Waals surface area contributed by atoms with Gasteiger partial charge in [-0.3, -0.25) is 0 Å². The molecular formula is C24H34N2. The summed E-state index contributed by atoms with van der Waals surface area (Å²) in [6.07, 6.45) is 17.1. The van der Waals surface area contributed by atoms with Gasteiger partial charge < -0.3 is 0 Å². The Bertz CT molecular complexity index is 639. The summed E-state index contributed by atoms with van der Waals surface area (Å²) in [5.41, 5.74) is 3.83. The molecule has 3 rings (SSSR count). The second-order valence-electron chi connectivity index (χ2n) is 8.26. The molecule has 1 saturated carbocycles. The molecule has 0 radical (unpaired) electrons. The van der Waals surface area contributed by atoms with E-state index in [2.05, 4.69) is 48.1 Å². The highest BCUT2D eigenvalue weighted by atomic mass is 14.9. The van der Waals surface area contributed by atoms with E-state index in [0.29, 0.717) is 0 Å². The van der Waals surface area contributed by atoms with Gasteiger partial charge in [-0.05, 0) is 61.5 Å². The first-order chi connectivity index (χ1) is 12.7. The highest BCUT2D eigenvalue weighted by Gasteiger charge is 2.24.